The van der Waals surface area contributed by atoms with Gasteiger partial charge in [0.25, 0.3) is 0 Å². The number of hydrogen-bond donors (Lipinski definition) is 5. The SMILES string of the molecule is COc1ccc(C2CCc3c(cc(O)cc3OC3OC(CO)C(O)C(O)C3O)O2)cc1OC. The second-order valence-corrected chi connectivity index (χ2v) is 8.00. The molecule has 10 nitrogen and oxygen atoms in total. The van der Waals surface area contributed by atoms with E-state index in [1.54, 1.807) is 20.3 Å². The highest BCUT2D eigenvalue weighted by Gasteiger charge is 2.45. The molecule has 1 fully saturated rings. The molecule has 33 heavy (non-hydrogen) atoms. The van der Waals surface area contributed by atoms with Crippen molar-refractivity contribution >= 4 is 0 Å². The minimum Gasteiger partial charge on any atom is -0.508 e. The maximum Gasteiger partial charge on any atom is 0.229 e. The van der Waals surface area contributed by atoms with Gasteiger partial charge >= 0.3 is 0 Å². The molecule has 6 unspecified atom stereocenters. The van der Waals surface area contributed by atoms with Crippen molar-refractivity contribution in [3.63, 3.8) is 0 Å². The lowest BCUT2D eigenvalue weighted by Gasteiger charge is -2.40. The third-order valence-electron chi connectivity index (χ3n) is 5.95. The lowest BCUT2D eigenvalue weighted by molar-refractivity contribution is -0.277. The Morgan fingerprint density at radius 3 is 2.39 bits per heavy atom. The number of aromatic hydroxyl groups is 1. The van der Waals surface area contributed by atoms with Crippen molar-refractivity contribution in [2.45, 2.75) is 49.7 Å². The molecule has 0 aromatic heterocycles. The Hall–Kier alpha value is -2.76. The lowest BCUT2D eigenvalue weighted by atomic mass is 9.96. The molecule has 2 aromatic rings. The lowest BCUT2D eigenvalue weighted by Crippen LogP contribution is -2.60. The largest absolute Gasteiger partial charge is 0.508 e. The predicted molar refractivity (Wildman–Crippen MR) is 114 cm³/mol. The average molecular weight is 464 g/mol. The predicted octanol–water partition coefficient (Wildman–Crippen LogP) is 0.654. The molecule has 10 heteroatoms. The first-order valence-corrected chi connectivity index (χ1v) is 10.6. The maximum absolute atomic E-state index is 10.3. The quantitative estimate of drug-likeness (QED) is 0.413. The van der Waals surface area contributed by atoms with Crippen LogP contribution < -0.4 is 18.9 Å². The number of phenols is 1. The minimum absolute atomic E-state index is 0.124. The van der Waals surface area contributed by atoms with Gasteiger partial charge in [-0.05, 0) is 30.5 Å². The zero-order chi connectivity index (χ0) is 23.7. The molecule has 5 N–H and O–H groups in total. The molecule has 2 heterocycles. The number of hydrogen-bond acceptors (Lipinski definition) is 10. The Bertz CT molecular complexity index is 978. The summed E-state index contributed by atoms with van der Waals surface area (Å²) in [5.74, 6) is 1.67. The van der Waals surface area contributed by atoms with Crippen LogP contribution in [0.5, 0.6) is 28.7 Å². The number of methoxy groups -OCH3 is 2. The zero-order valence-corrected chi connectivity index (χ0v) is 18.2. The fraction of sp³-hybridized carbons (Fsp3) is 0.478. The standard InChI is InChI=1S/C23H28O10/c1-29-15-5-3-11(7-18(15)30-2)14-6-4-13-16(31-14)8-12(25)9-17(13)32-23-22(28)21(27)20(26)19(10-24)33-23/h3,5,7-9,14,19-28H,4,6,10H2,1-2H3. The molecule has 0 amide bonds. The molecule has 0 saturated carbocycles. The zero-order valence-electron chi connectivity index (χ0n) is 18.2. The molecule has 4 rings (SSSR count). The van der Waals surface area contributed by atoms with Crippen molar-refractivity contribution in [1.82, 2.24) is 0 Å². The summed E-state index contributed by atoms with van der Waals surface area (Å²) in [6, 6.07) is 8.35. The molecular formula is C23H28O10. The fourth-order valence-corrected chi connectivity index (χ4v) is 4.13. The minimum atomic E-state index is -1.57. The highest BCUT2D eigenvalue weighted by molar-refractivity contribution is 5.52. The summed E-state index contributed by atoms with van der Waals surface area (Å²) in [6.45, 7) is -0.570. The molecule has 180 valence electrons. The number of benzene rings is 2. The van der Waals surface area contributed by atoms with Crippen LogP contribution >= 0.6 is 0 Å². The molecule has 0 radical (unpaired) electrons. The Kier molecular flexibility index (Phi) is 6.82. The van der Waals surface area contributed by atoms with Gasteiger partial charge in [0.15, 0.2) is 11.5 Å². The van der Waals surface area contributed by atoms with Crippen molar-refractivity contribution in [2.24, 2.45) is 0 Å². The summed E-state index contributed by atoms with van der Waals surface area (Å²) in [7, 11) is 3.12. The summed E-state index contributed by atoms with van der Waals surface area (Å²) in [4.78, 5) is 0. The van der Waals surface area contributed by atoms with E-state index in [0.717, 1.165) is 5.56 Å². The van der Waals surface area contributed by atoms with E-state index in [1.165, 1.54) is 12.1 Å². The van der Waals surface area contributed by atoms with Crippen LogP contribution in [0.4, 0.5) is 0 Å². The van der Waals surface area contributed by atoms with E-state index in [0.29, 0.717) is 35.7 Å². The van der Waals surface area contributed by atoms with Gasteiger partial charge in [-0.2, -0.15) is 0 Å². The molecule has 2 aliphatic heterocycles. The molecule has 0 bridgehead atoms. The van der Waals surface area contributed by atoms with Crippen molar-refractivity contribution in [3.05, 3.63) is 41.5 Å². The van der Waals surface area contributed by atoms with E-state index in [4.69, 9.17) is 23.7 Å². The van der Waals surface area contributed by atoms with Gasteiger partial charge in [-0.15, -0.1) is 0 Å². The van der Waals surface area contributed by atoms with Crippen molar-refractivity contribution in [3.8, 4) is 28.7 Å². The summed E-state index contributed by atoms with van der Waals surface area (Å²) in [6.07, 6.45) is -6.28. The van der Waals surface area contributed by atoms with Crippen molar-refractivity contribution in [2.75, 3.05) is 20.8 Å². The van der Waals surface area contributed by atoms with Crippen LogP contribution in [-0.4, -0.2) is 77.1 Å². The average Bonchev–Trinajstić information content (AvgIpc) is 2.83. The molecular weight excluding hydrogens is 436 g/mol. The highest BCUT2D eigenvalue weighted by atomic mass is 16.7. The molecule has 0 spiro atoms. The number of rotatable bonds is 6. The van der Waals surface area contributed by atoms with Crippen LogP contribution in [0, 0.1) is 0 Å². The summed E-state index contributed by atoms with van der Waals surface area (Å²) in [5.41, 5.74) is 1.53. The van der Waals surface area contributed by atoms with Gasteiger partial charge in [-0.3, -0.25) is 0 Å². The molecule has 6 atom stereocenters. The number of ether oxygens (including phenoxy) is 5. The third-order valence-corrected chi connectivity index (χ3v) is 5.95. The fourth-order valence-electron chi connectivity index (χ4n) is 4.13. The third kappa shape index (κ3) is 4.53. The van der Waals surface area contributed by atoms with Crippen LogP contribution in [0.25, 0.3) is 0 Å². The smallest absolute Gasteiger partial charge is 0.229 e. The van der Waals surface area contributed by atoms with E-state index in [9.17, 15) is 25.5 Å². The molecule has 0 aliphatic carbocycles. The second kappa shape index (κ2) is 9.62. The van der Waals surface area contributed by atoms with Gasteiger partial charge in [0.1, 0.15) is 47.8 Å². The van der Waals surface area contributed by atoms with Crippen LogP contribution in [0.1, 0.15) is 23.7 Å². The van der Waals surface area contributed by atoms with E-state index in [2.05, 4.69) is 0 Å². The van der Waals surface area contributed by atoms with E-state index < -0.39 is 37.3 Å². The van der Waals surface area contributed by atoms with Gasteiger partial charge in [0.2, 0.25) is 6.29 Å². The first-order valence-electron chi connectivity index (χ1n) is 10.6. The molecule has 1 saturated heterocycles. The van der Waals surface area contributed by atoms with E-state index >= 15 is 0 Å². The van der Waals surface area contributed by atoms with Crippen LogP contribution in [0.2, 0.25) is 0 Å². The topological polar surface area (TPSA) is 147 Å². The van der Waals surface area contributed by atoms with Crippen molar-refractivity contribution in [1.29, 1.82) is 0 Å². The number of aliphatic hydroxyl groups excluding tert-OH is 4. The number of phenolic OH excluding ortho intramolecular Hbond substituents is 1. The van der Waals surface area contributed by atoms with Crippen LogP contribution in [0.3, 0.4) is 0 Å². The Labute approximate surface area is 190 Å². The normalized spacial score (nSPS) is 29.0. The van der Waals surface area contributed by atoms with Crippen LogP contribution in [-0.2, 0) is 11.2 Å². The Balaban J connectivity index is 1.57. The van der Waals surface area contributed by atoms with E-state index in [-0.39, 0.29) is 17.6 Å². The van der Waals surface area contributed by atoms with Gasteiger partial charge in [0, 0.05) is 17.7 Å². The highest BCUT2D eigenvalue weighted by Crippen LogP contribution is 2.44. The van der Waals surface area contributed by atoms with Gasteiger partial charge in [0.05, 0.1) is 20.8 Å². The Morgan fingerprint density at radius 1 is 0.939 bits per heavy atom. The summed E-state index contributed by atoms with van der Waals surface area (Å²) in [5, 5.41) is 49.9. The second-order valence-electron chi connectivity index (χ2n) is 8.00. The first kappa shape index (κ1) is 23.4. The van der Waals surface area contributed by atoms with Crippen LogP contribution in [0.15, 0.2) is 30.3 Å². The molecule has 2 aliphatic rings. The number of fused-ring (bicyclic) bond motifs is 1. The first-order chi connectivity index (χ1) is 15.9. The summed E-state index contributed by atoms with van der Waals surface area (Å²) >= 11 is 0. The maximum atomic E-state index is 10.3. The Morgan fingerprint density at radius 2 is 1.70 bits per heavy atom. The monoisotopic (exact) mass is 464 g/mol. The van der Waals surface area contributed by atoms with E-state index in [1.807, 2.05) is 12.1 Å². The number of aliphatic hydroxyl groups is 4. The summed E-state index contributed by atoms with van der Waals surface area (Å²) < 4.78 is 28.0. The van der Waals surface area contributed by atoms with Gasteiger partial charge in [-0.1, -0.05) is 6.07 Å². The van der Waals surface area contributed by atoms with Crippen molar-refractivity contribution < 1.29 is 49.2 Å². The van der Waals surface area contributed by atoms with Gasteiger partial charge in [-0.25, -0.2) is 0 Å². The van der Waals surface area contributed by atoms with Gasteiger partial charge < -0.3 is 49.2 Å². The molecule has 2 aromatic carbocycles.